The van der Waals surface area contributed by atoms with Gasteiger partial charge < -0.3 is 15.0 Å². The fraction of sp³-hybridized carbons (Fsp3) is 0.588. The van der Waals surface area contributed by atoms with E-state index in [0.717, 1.165) is 36.5 Å². The molecule has 0 aliphatic carbocycles. The smallest absolute Gasteiger partial charge is 0.227 e. The lowest BCUT2D eigenvalue weighted by atomic mass is 9.93. The van der Waals surface area contributed by atoms with Crippen LogP contribution in [0.5, 0.6) is 5.75 Å². The Morgan fingerprint density at radius 3 is 2.91 bits per heavy atom. The van der Waals surface area contributed by atoms with Crippen LogP contribution in [0.4, 0.5) is 5.69 Å². The van der Waals surface area contributed by atoms with E-state index in [2.05, 4.69) is 5.32 Å². The van der Waals surface area contributed by atoms with Gasteiger partial charge in [0.15, 0.2) is 0 Å². The van der Waals surface area contributed by atoms with Gasteiger partial charge in [0.05, 0.1) is 12.2 Å². The number of halogens is 1. The number of hydrogen-bond acceptors (Lipinski definition) is 3. The first-order chi connectivity index (χ1) is 10.2. The first-order valence-electron chi connectivity index (χ1n) is 7.98. The molecule has 0 saturated carbocycles. The minimum atomic E-state index is 0. The van der Waals surface area contributed by atoms with Gasteiger partial charge in [0, 0.05) is 6.42 Å². The summed E-state index contributed by atoms with van der Waals surface area (Å²) >= 11 is 0. The number of ether oxygens (including phenoxy) is 1. The molecule has 1 amide bonds. The summed E-state index contributed by atoms with van der Waals surface area (Å²) < 4.78 is 5.68. The quantitative estimate of drug-likeness (QED) is 0.929. The molecule has 2 aliphatic heterocycles. The Hall–Kier alpha value is -1.26. The first-order valence-corrected chi connectivity index (χ1v) is 7.98. The highest BCUT2D eigenvalue weighted by Crippen LogP contribution is 2.33. The van der Waals surface area contributed by atoms with E-state index in [9.17, 15) is 4.79 Å². The summed E-state index contributed by atoms with van der Waals surface area (Å²) in [6.07, 6.45) is 4.06. The average Bonchev–Trinajstić information content (AvgIpc) is 2.52. The van der Waals surface area contributed by atoms with Crippen LogP contribution in [0.15, 0.2) is 18.2 Å². The summed E-state index contributed by atoms with van der Waals surface area (Å²) in [5.41, 5.74) is 2.10. The fourth-order valence-corrected chi connectivity index (χ4v) is 3.22. The van der Waals surface area contributed by atoms with Crippen LogP contribution >= 0.6 is 12.4 Å². The van der Waals surface area contributed by atoms with E-state index in [1.807, 2.05) is 30.0 Å². The number of hydrogen-bond donors (Lipinski definition) is 1. The molecule has 5 heteroatoms. The zero-order valence-electron chi connectivity index (χ0n) is 13.1. The molecule has 1 N–H and O–H groups in total. The van der Waals surface area contributed by atoms with Crippen LogP contribution in [0.25, 0.3) is 0 Å². The number of nitrogens with zero attached hydrogens (tertiary/aromatic N) is 1. The van der Waals surface area contributed by atoms with Gasteiger partial charge in [0.25, 0.3) is 0 Å². The van der Waals surface area contributed by atoms with Crippen molar-refractivity contribution in [2.24, 2.45) is 5.92 Å². The number of nitrogens with one attached hydrogen (secondary N) is 1. The van der Waals surface area contributed by atoms with Crippen LogP contribution in [-0.4, -0.2) is 32.1 Å². The summed E-state index contributed by atoms with van der Waals surface area (Å²) in [7, 11) is 0. The number of aryl methyl sites for hydroxylation is 1. The van der Waals surface area contributed by atoms with Gasteiger partial charge in [-0.1, -0.05) is 6.07 Å². The summed E-state index contributed by atoms with van der Waals surface area (Å²) in [6.45, 7) is 5.50. The standard InChI is InChI=1S/C17H24N2O2.ClH/c1-13-2-4-15-16(12-13)21-11-10-19(15)17(20)5-3-14-6-8-18-9-7-14;/h2,4,12,14,18H,3,5-11H2,1H3;1H. The molecule has 0 bridgehead atoms. The maximum absolute atomic E-state index is 12.5. The number of anilines is 1. The predicted octanol–water partition coefficient (Wildman–Crippen LogP) is 2.92. The zero-order chi connectivity index (χ0) is 14.7. The number of fused-ring (bicyclic) bond motifs is 1. The van der Waals surface area contributed by atoms with Crippen molar-refractivity contribution in [1.29, 1.82) is 0 Å². The molecule has 2 heterocycles. The highest BCUT2D eigenvalue weighted by Gasteiger charge is 2.24. The molecule has 0 radical (unpaired) electrons. The topological polar surface area (TPSA) is 41.6 Å². The molecule has 1 fully saturated rings. The second-order valence-electron chi connectivity index (χ2n) is 6.10. The molecule has 4 nitrogen and oxygen atoms in total. The molecule has 0 spiro atoms. The third kappa shape index (κ3) is 3.93. The summed E-state index contributed by atoms with van der Waals surface area (Å²) in [6, 6.07) is 6.06. The molecule has 22 heavy (non-hydrogen) atoms. The van der Waals surface area contributed by atoms with Gasteiger partial charge in [-0.05, 0) is 62.9 Å². The number of carbonyl (C=O) groups excluding carboxylic acids is 1. The lowest BCUT2D eigenvalue weighted by molar-refractivity contribution is -0.119. The molecule has 1 aromatic rings. The molecule has 0 atom stereocenters. The van der Waals surface area contributed by atoms with E-state index in [1.54, 1.807) is 0 Å². The second-order valence-corrected chi connectivity index (χ2v) is 6.10. The van der Waals surface area contributed by atoms with Gasteiger partial charge in [-0.2, -0.15) is 0 Å². The van der Waals surface area contributed by atoms with Gasteiger partial charge >= 0.3 is 0 Å². The van der Waals surface area contributed by atoms with E-state index in [4.69, 9.17) is 4.74 Å². The first kappa shape index (κ1) is 17.1. The Bertz CT molecular complexity index is 515. The number of benzene rings is 1. The van der Waals surface area contributed by atoms with E-state index >= 15 is 0 Å². The van der Waals surface area contributed by atoms with Crippen LogP contribution in [-0.2, 0) is 4.79 Å². The molecule has 0 unspecified atom stereocenters. The molecular formula is C17H25ClN2O2. The number of amides is 1. The third-order valence-electron chi connectivity index (χ3n) is 4.50. The van der Waals surface area contributed by atoms with Crippen LogP contribution in [0, 0.1) is 12.8 Å². The van der Waals surface area contributed by atoms with Crippen molar-refractivity contribution in [1.82, 2.24) is 5.32 Å². The molecule has 3 rings (SSSR count). The van der Waals surface area contributed by atoms with Gasteiger partial charge in [0.2, 0.25) is 5.91 Å². The van der Waals surface area contributed by atoms with Crippen molar-refractivity contribution < 1.29 is 9.53 Å². The molecule has 2 aliphatic rings. The lowest BCUT2D eigenvalue weighted by Gasteiger charge is -2.30. The molecule has 1 aromatic carbocycles. The second kappa shape index (κ2) is 7.84. The molecule has 122 valence electrons. The molecule has 1 saturated heterocycles. The number of carbonyl (C=O) groups is 1. The van der Waals surface area contributed by atoms with Crippen molar-refractivity contribution in [3.8, 4) is 5.75 Å². The Balaban J connectivity index is 0.00000176. The van der Waals surface area contributed by atoms with Gasteiger partial charge in [-0.25, -0.2) is 0 Å². The van der Waals surface area contributed by atoms with Crippen molar-refractivity contribution in [2.75, 3.05) is 31.1 Å². The van der Waals surface area contributed by atoms with Crippen LogP contribution < -0.4 is 15.0 Å². The van der Waals surface area contributed by atoms with Crippen molar-refractivity contribution >= 4 is 24.0 Å². The van der Waals surface area contributed by atoms with Crippen LogP contribution in [0.3, 0.4) is 0 Å². The minimum absolute atomic E-state index is 0. The zero-order valence-corrected chi connectivity index (χ0v) is 14.0. The van der Waals surface area contributed by atoms with Crippen molar-refractivity contribution in [3.63, 3.8) is 0 Å². The Labute approximate surface area is 138 Å². The Morgan fingerprint density at radius 2 is 2.14 bits per heavy atom. The summed E-state index contributed by atoms with van der Waals surface area (Å²) in [5, 5.41) is 3.37. The monoisotopic (exact) mass is 324 g/mol. The Kier molecular flexibility index (Phi) is 6.09. The Morgan fingerprint density at radius 1 is 1.36 bits per heavy atom. The van der Waals surface area contributed by atoms with Crippen molar-refractivity contribution in [3.05, 3.63) is 23.8 Å². The maximum Gasteiger partial charge on any atom is 0.227 e. The van der Waals surface area contributed by atoms with E-state index in [1.165, 1.54) is 12.8 Å². The summed E-state index contributed by atoms with van der Waals surface area (Å²) in [4.78, 5) is 14.4. The van der Waals surface area contributed by atoms with Crippen LogP contribution in [0.1, 0.15) is 31.2 Å². The average molecular weight is 325 g/mol. The van der Waals surface area contributed by atoms with Gasteiger partial charge in [0.1, 0.15) is 12.4 Å². The van der Waals surface area contributed by atoms with E-state index < -0.39 is 0 Å². The van der Waals surface area contributed by atoms with E-state index in [-0.39, 0.29) is 18.3 Å². The molecular weight excluding hydrogens is 300 g/mol. The highest BCUT2D eigenvalue weighted by molar-refractivity contribution is 5.95. The predicted molar refractivity (Wildman–Crippen MR) is 91.1 cm³/mol. The maximum atomic E-state index is 12.5. The van der Waals surface area contributed by atoms with Gasteiger partial charge in [-0.15, -0.1) is 12.4 Å². The number of piperidine rings is 1. The third-order valence-corrected chi connectivity index (χ3v) is 4.50. The SMILES string of the molecule is Cc1ccc2c(c1)OCCN2C(=O)CCC1CCNCC1.Cl. The van der Waals surface area contributed by atoms with Crippen LogP contribution in [0.2, 0.25) is 0 Å². The summed E-state index contributed by atoms with van der Waals surface area (Å²) in [5.74, 6) is 1.78. The minimum Gasteiger partial charge on any atom is -0.490 e. The van der Waals surface area contributed by atoms with E-state index in [0.29, 0.717) is 25.5 Å². The van der Waals surface area contributed by atoms with Crippen molar-refractivity contribution in [2.45, 2.75) is 32.6 Å². The normalized spacial score (nSPS) is 18.1. The van der Waals surface area contributed by atoms with Gasteiger partial charge in [-0.3, -0.25) is 4.79 Å². The highest BCUT2D eigenvalue weighted by atomic mass is 35.5. The molecule has 0 aromatic heterocycles. The fourth-order valence-electron chi connectivity index (χ4n) is 3.22. The number of rotatable bonds is 3. The largest absolute Gasteiger partial charge is 0.490 e. The lowest BCUT2D eigenvalue weighted by Crippen LogP contribution is -2.38.